The smallest absolute Gasteiger partial charge is 0.198 e. The largest absolute Gasteiger partial charge is 0.352 e. The SMILES string of the molecule is S=c1ncc2c([nH]1)NC(Sc1ncnc3nc[nH]c13)N2. The number of aromatic nitrogens is 6. The number of aromatic amines is 2. The van der Waals surface area contributed by atoms with Crippen LogP contribution in [0.3, 0.4) is 0 Å². The molecule has 10 heteroatoms. The maximum absolute atomic E-state index is 5.00. The number of hydrogen-bond donors (Lipinski definition) is 4. The second-order valence-corrected chi connectivity index (χ2v) is 5.52. The summed E-state index contributed by atoms with van der Waals surface area (Å²) in [4.78, 5) is 22.6. The summed E-state index contributed by atoms with van der Waals surface area (Å²) < 4.78 is 0.446. The van der Waals surface area contributed by atoms with Gasteiger partial charge >= 0.3 is 0 Å². The van der Waals surface area contributed by atoms with Crippen LogP contribution in [0.4, 0.5) is 11.5 Å². The quantitative estimate of drug-likeness (QED) is 0.419. The van der Waals surface area contributed by atoms with E-state index >= 15 is 0 Å². The van der Waals surface area contributed by atoms with Crippen LogP contribution in [0.5, 0.6) is 0 Å². The Labute approximate surface area is 121 Å². The molecule has 100 valence electrons. The Morgan fingerprint density at radius 3 is 3.05 bits per heavy atom. The van der Waals surface area contributed by atoms with Crippen LogP contribution in [-0.4, -0.2) is 35.4 Å². The van der Waals surface area contributed by atoms with E-state index in [4.69, 9.17) is 12.2 Å². The number of rotatable bonds is 2. The average molecular weight is 304 g/mol. The number of nitrogens with zero attached hydrogens (tertiary/aromatic N) is 4. The fourth-order valence-electron chi connectivity index (χ4n) is 1.93. The average Bonchev–Trinajstić information content (AvgIpc) is 3.04. The lowest BCUT2D eigenvalue weighted by atomic mass is 10.5. The molecule has 1 atom stereocenters. The van der Waals surface area contributed by atoms with Crippen molar-refractivity contribution < 1.29 is 0 Å². The molecular weight excluding hydrogens is 296 g/mol. The van der Waals surface area contributed by atoms with E-state index in [1.807, 2.05) is 0 Å². The molecule has 4 heterocycles. The molecule has 20 heavy (non-hydrogen) atoms. The van der Waals surface area contributed by atoms with Gasteiger partial charge in [0.25, 0.3) is 0 Å². The van der Waals surface area contributed by atoms with E-state index in [0.29, 0.717) is 10.4 Å². The van der Waals surface area contributed by atoms with Gasteiger partial charge in [-0.15, -0.1) is 0 Å². The van der Waals surface area contributed by atoms with Gasteiger partial charge in [-0.2, -0.15) is 0 Å². The van der Waals surface area contributed by atoms with E-state index < -0.39 is 0 Å². The molecule has 0 bridgehead atoms. The Kier molecular flexibility index (Phi) is 2.57. The zero-order valence-corrected chi connectivity index (χ0v) is 11.5. The molecule has 0 aliphatic carbocycles. The van der Waals surface area contributed by atoms with Crippen LogP contribution in [0.25, 0.3) is 11.2 Å². The van der Waals surface area contributed by atoms with E-state index in [2.05, 4.69) is 40.5 Å². The third kappa shape index (κ3) is 1.89. The molecule has 0 fully saturated rings. The molecule has 8 nitrogen and oxygen atoms in total. The van der Waals surface area contributed by atoms with Crippen LogP contribution in [0.1, 0.15) is 0 Å². The maximum atomic E-state index is 5.00. The molecule has 0 radical (unpaired) electrons. The zero-order valence-electron chi connectivity index (χ0n) is 9.91. The normalized spacial score (nSPS) is 16.7. The fraction of sp³-hybridized carbons (Fsp3) is 0.100. The third-order valence-corrected chi connectivity index (χ3v) is 4.00. The van der Waals surface area contributed by atoms with E-state index in [0.717, 1.165) is 22.0 Å². The number of H-pyrrole nitrogens is 2. The first-order chi connectivity index (χ1) is 9.79. The van der Waals surface area contributed by atoms with Gasteiger partial charge in [-0.3, -0.25) is 0 Å². The van der Waals surface area contributed by atoms with E-state index in [-0.39, 0.29) is 5.50 Å². The summed E-state index contributed by atoms with van der Waals surface area (Å²) in [6.45, 7) is 0. The van der Waals surface area contributed by atoms with E-state index in [9.17, 15) is 0 Å². The van der Waals surface area contributed by atoms with Crippen LogP contribution in [0.2, 0.25) is 0 Å². The van der Waals surface area contributed by atoms with Crippen molar-refractivity contribution in [1.82, 2.24) is 29.9 Å². The number of nitrogens with one attached hydrogen (secondary N) is 4. The molecule has 3 aromatic rings. The lowest BCUT2D eigenvalue weighted by Gasteiger charge is -2.10. The topological polar surface area (TPSA) is 107 Å². The molecule has 0 amide bonds. The van der Waals surface area contributed by atoms with Gasteiger partial charge in [0.1, 0.15) is 22.7 Å². The van der Waals surface area contributed by atoms with Gasteiger partial charge in [0.05, 0.1) is 18.2 Å². The molecule has 1 unspecified atom stereocenters. The molecular formula is C10H8N8S2. The van der Waals surface area contributed by atoms with Crippen molar-refractivity contribution in [1.29, 1.82) is 0 Å². The van der Waals surface area contributed by atoms with Gasteiger partial charge < -0.3 is 20.6 Å². The minimum Gasteiger partial charge on any atom is -0.352 e. The highest BCUT2D eigenvalue weighted by atomic mass is 32.2. The maximum Gasteiger partial charge on any atom is 0.198 e. The number of anilines is 2. The summed E-state index contributed by atoms with van der Waals surface area (Å²) in [5.74, 6) is 0.831. The molecule has 4 rings (SSSR count). The molecule has 3 aromatic heterocycles. The van der Waals surface area contributed by atoms with Gasteiger partial charge in [-0.1, -0.05) is 11.8 Å². The third-order valence-electron chi connectivity index (χ3n) is 2.79. The summed E-state index contributed by atoms with van der Waals surface area (Å²) in [5, 5.41) is 7.38. The summed E-state index contributed by atoms with van der Waals surface area (Å²) in [6.07, 6.45) is 4.81. The van der Waals surface area contributed by atoms with Crippen molar-refractivity contribution in [3.05, 3.63) is 23.6 Å². The predicted molar refractivity (Wildman–Crippen MR) is 78.0 cm³/mol. The molecule has 4 N–H and O–H groups in total. The zero-order chi connectivity index (χ0) is 13.5. The Balaban J connectivity index is 1.62. The van der Waals surface area contributed by atoms with Gasteiger partial charge in [-0.25, -0.2) is 19.9 Å². The molecule has 1 aliphatic rings. The monoisotopic (exact) mass is 304 g/mol. The minimum atomic E-state index is -0.0683. The Bertz CT molecular complexity index is 840. The van der Waals surface area contributed by atoms with Gasteiger partial charge in [0.2, 0.25) is 0 Å². The first kappa shape index (κ1) is 11.6. The van der Waals surface area contributed by atoms with Crippen LogP contribution in [-0.2, 0) is 0 Å². The lowest BCUT2D eigenvalue weighted by Crippen LogP contribution is -2.17. The number of thioether (sulfide) groups is 1. The van der Waals surface area contributed by atoms with Crippen molar-refractivity contribution in [3.8, 4) is 0 Å². The van der Waals surface area contributed by atoms with Crippen LogP contribution in [0.15, 0.2) is 23.9 Å². The Morgan fingerprint density at radius 2 is 2.10 bits per heavy atom. The predicted octanol–water partition coefficient (Wildman–Crippen LogP) is 1.72. The first-order valence-corrected chi connectivity index (χ1v) is 7.01. The molecule has 0 saturated carbocycles. The van der Waals surface area contributed by atoms with Crippen molar-refractivity contribution in [2.45, 2.75) is 10.5 Å². The van der Waals surface area contributed by atoms with Crippen LogP contribution < -0.4 is 10.6 Å². The Hall–Kier alpha value is -2.20. The van der Waals surface area contributed by atoms with Crippen molar-refractivity contribution >= 4 is 46.6 Å². The van der Waals surface area contributed by atoms with Crippen molar-refractivity contribution in [2.75, 3.05) is 10.6 Å². The van der Waals surface area contributed by atoms with E-state index in [1.165, 1.54) is 18.1 Å². The minimum absolute atomic E-state index is 0.0683. The van der Waals surface area contributed by atoms with E-state index in [1.54, 1.807) is 12.5 Å². The molecule has 0 saturated heterocycles. The molecule has 0 aromatic carbocycles. The van der Waals surface area contributed by atoms with Gasteiger partial charge in [-0.05, 0) is 12.2 Å². The van der Waals surface area contributed by atoms with Crippen LogP contribution >= 0.6 is 24.0 Å². The summed E-state index contributed by atoms with van der Waals surface area (Å²) in [6, 6.07) is 0. The van der Waals surface area contributed by atoms with Crippen molar-refractivity contribution in [2.24, 2.45) is 0 Å². The number of fused-ring (bicyclic) bond motifs is 2. The first-order valence-electron chi connectivity index (χ1n) is 5.73. The second-order valence-electron chi connectivity index (χ2n) is 4.04. The van der Waals surface area contributed by atoms with Crippen molar-refractivity contribution in [3.63, 3.8) is 0 Å². The molecule has 1 aliphatic heterocycles. The Morgan fingerprint density at radius 1 is 1.15 bits per heavy atom. The number of hydrogen-bond acceptors (Lipinski definition) is 8. The highest BCUT2D eigenvalue weighted by Gasteiger charge is 2.22. The summed E-state index contributed by atoms with van der Waals surface area (Å²) in [7, 11) is 0. The summed E-state index contributed by atoms with van der Waals surface area (Å²) in [5.41, 5.74) is 2.29. The van der Waals surface area contributed by atoms with Gasteiger partial charge in [0, 0.05) is 0 Å². The molecule has 0 spiro atoms. The highest BCUT2D eigenvalue weighted by Crippen LogP contribution is 2.34. The van der Waals surface area contributed by atoms with Crippen LogP contribution in [0, 0.1) is 4.77 Å². The highest BCUT2D eigenvalue weighted by molar-refractivity contribution is 8.00. The summed E-state index contributed by atoms with van der Waals surface area (Å²) >= 11 is 6.52. The standard InChI is InChI=1S/C10H8N8S2/c19-9-11-1-4-6(17-9)18-10(16-4)20-8-5-7(13-2-12-5)14-3-15-8/h1-3,10,16H,(H2,11,17,18,19)(H,12,13,14,15). The fourth-order valence-corrected chi connectivity index (χ4v) is 3.05. The number of imidazole rings is 1. The second kappa shape index (κ2) is 4.42. The van der Waals surface area contributed by atoms with Gasteiger partial charge in [0.15, 0.2) is 15.9 Å². The lowest BCUT2D eigenvalue weighted by molar-refractivity contribution is 1.07.